The van der Waals surface area contributed by atoms with Gasteiger partial charge in [-0.05, 0) is 25.1 Å². The van der Waals surface area contributed by atoms with Crippen LogP contribution in [-0.2, 0) is 0 Å². The molecule has 1 atom stereocenters. The fourth-order valence-electron chi connectivity index (χ4n) is 2.03. The van der Waals surface area contributed by atoms with Crippen molar-refractivity contribution in [3.63, 3.8) is 0 Å². The molecule has 0 spiro atoms. The maximum atomic E-state index is 12.4. The molecule has 1 unspecified atom stereocenters. The molecule has 23 heavy (non-hydrogen) atoms. The average Bonchev–Trinajstić information content (AvgIpc) is 2.51. The summed E-state index contributed by atoms with van der Waals surface area (Å²) < 4.78 is 0.694. The minimum Gasteiger partial charge on any atom is -0.464 e. The number of rotatable bonds is 5. The fraction of sp³-hybridized carbons (Fsp3) is 0.125. The molecule has 0 aliphatic heterocycles. The van der Waals surface area contributed by atoms with Crippen molar-refractivity contribution >= 4 is 45.1 Å². The molecule has 2 N–H and O–H groups in total. The number of Topliss-reactive ketones (excluding diaryl/α,β-unsaturated/α-hetero) is 1. The van der Waals surface area contributed by atoms with Gasteiger partial charge in [-0.2, -0.15) is 0 Å². The number of carbonyl (C=O) groups is 2. The van der Waals surface area contributed by atoms with Crippen LogP contribution >= 0.6 is 27.5 Å². The van der Waals surface area contributed by atoms with Crippen LogP contribution < -0.4 is 5.43 Å². The summed E-state index contributed by atoms with van der Waals surface area (Å²) in [4.78, 5) is 24.0. The zero-order valence-electron chi connectivity index (χ0n) is 12.2. The van der Waals surface area contributed by atoms with Gasteiger partial charge in [0.05, 0.1) is 5.69 Å². The first kappa shape index (κ1) is 17.3. The Balaban J connectivity index is 2.24. The monoisotopic (exact) mass is 396 g/mol. The van der Waals surface area contributed by atoms with Crippen LogP contribution in [0.5, 0.6) is 0 Å². The van der Waals surface area contributed by atoms with Crippen LogP contribution in [-0.4, -0.2) is 28.0 Å². The van der Waals surface area contributed by atoms with E-state index in [0.29, 0.717) is 20.7 Å². The number of ketones is 1. The maximum Gasteiger partial charge on any atom is 0.426 e. The zero-order valence-corrected chi connectivity index (χ0v) is 14.5. The number of benzene rings is 2. The summed E-state index contributed by atoms with van der Waals surface area (Å²) in [6.45, 7) is 1.52. The van der Waals surface area contributed by atoms with E-state index in [-0.39, 0.29) is 5.78 Å². The number of hydrogen-bond donors (Lipinski definition) is 2. The number of nitrogens with zero attached hydrogens (tertiary/aromatic N) is 1. The molecule has 2 aromatic carbocycles. The van der Waals surface area contributed by atoms with Crippen LogP contribution in [0.25, 0.3) is 0 Å². The van der Waals surface area contributed by atoms with Gasteiger partial charge >= 0.3 is 6.09 Å². The molecule has 0 aliphatic carbocycles. The van der Waals surface area contributed by atoms with Gasteiger partial charge < -0.3 is 5.11 Å². The van der Waals surface area contributed by atoms with Crippen LogP contribution in [0.3, 0.4) is 0 Å². The molecule has 1 amide bonds. The quantitative estimate of drug-likeness (QED) is 0.568. The van der Waals surface area contributed by atoms with E-state index in [1.165, 1.54) is 6.92 Å². The SMILES string of the molecule is CC(C(=O)c1ccccc1)N(Nc1cc(Cl)cc(Br)c1)C(=O)O. The second-order valence-corrected chi connectivity index (χ2v) is 6.18. The predicted molar refractivity (Wildman–Crippen MR) is 92.9 cm³/mol. The van der Waals surface area contributed by atoms with E-state index in [0.717, 1.165) is 5.01 Å². The van der Waals surface area contributed by atoms with Crippen LogP contribution in [0.1, 0.15) is 17.3 Å². The number of nitrogens with one attached hydrogen (secondary N) is 1. The molecule has 0 heterocycles. The van der Waals surface area contributed by atoms with Crippen molar-refractivity contribution in [1.29, 1.82) is 0 Å². The molecule has 5 nitrogen and oxygen atoms in total. The Morgan fingerprint density at radius 1 is 1.22 bits per heavy atom. The summed E-state index contributed by atoms with van der Waals surface area (Å²) in [5, 5.41) is 10.7. The van der Waals surface area contributed by atoms with Gasteiger partial charge in [-0.25, -0.2) is 9.80 Å². The Hall–Kier alpha value is -2.05. The van der Waals surface area contributed by atoms with Gasteiger partial charge in [0.15, 0.2) is 5.78 Å². The van der Waals surface area contributed by atoms with Gasteiger partial charge in [0.1, 0.15) is 6.04 Å². The highest BCUT2D eigenvalue weighted by Crippen LogP contribution is 2.24. The number of carbonyl (C=O) groups excluding carboxylic acids is 1. The standard InChI is InChI=1S/C16H14BrClN2O3/c1-10(15(21)11-5-3-2-4-6-11)20(16(22)23)19-14-8-12(17)7-13(18)9-14/h2-10,19H,1H3,(H,22,23). The Morgan fingerprint density at radius 2 is 1.87 bits per heavy atom. The van der Waals surface area contributed by atoms with Crippen LogP contribution in [0.2, 0.25) is 5.02 Å². The average molecular weight is 398 g/mol. The molecule has 0 aromatic heterocycles. The molecule has 2 aromatic rings. The highest BCUT2D eigenvalue weighted by atomic mass is 79.9. The first-order valence-electron chi connectivity index (χ1n) is 6.72. The van der Waals surface area contributed by atoms with Gasteiger partial charge in [-0.3, -0.25) is 10.2 Å². The van der Waals surface area contributed by atoms with Crippen molar-refractivity contribution in [2.75, 3.05) is 5.43 Å². The third-order valence-corrected chi connectivity index (χ3v) is 3.82. The second-order valence-electron chi connectivity index (χ2n) is 4.83. The van der Waals surface area contributed by atoms with Gasteiger partial charge in [0.2, 0.25) is 0 Å². The summed E-state index contributed by atoms with van der Waals surface area (Å²) in [5.74, 6) is -0.304. The molecular weight excluding hydrogens is 384 g/mol. The lowest BCUT2D eigenvalue weighted by atomic mass is 10.1. The largest absolute Gasteiger partial charge is 0.464 e. The van der Waals surface area contributed by atoms with E-state index >= 15 is 0 Å². The van der Waals surface area contributed by atoms with Crippen molar-refractivity contribution < 1.29 is 14.7 Å². The summed E-state index contributed by atoms with van der Waals surface area (Å²) in [5.41, 5.74) is 3.61. The molecule has 0 aliphatic rings. The summed E-state index contributed by atoms with van der Waals surface area (Å²) in [6, 6.07) is 12.5. The lowest BCUT2D eigenvalue weighted by molar-refractivity contribution is 0.0843. The number of halogens is 2. The summed E-state index contributed by atoms with van der Waals surface area (Å²) >= 11 is 9.23. The smallest absolute Gasteiger partial charge is 0.426 e. The predicted octanol–water partition coefficient (Wildman–Crippen LogP) is 4.68. The van der Waals surface area contributed by atoms with E-state index in [1.54, 1.807) is 48.5 Å². The van der Waals surface area contributed by atoms with Crippen molar-refractivity contribution in [2.24, 2.45) is 0 Å². The van der Waals surface area contributed by atoms with E-state index in [2.05, 4.69) is 21.4 Å². The van der Waals surface area contributed by atoms with Crippen molar-refractivity contribution in [3.05, 3.63) is 63.6 Å². The minimum atomic E-state index is -1.27. The van der Waals surface area contributed by atoms with Crippen LogP contribution in [0.15, 0.2) is 53.0 Å². The van der Waals surface area contributed by atoms with Crippen molar-refractivity contribution in [1.82, 2.24) is 5.01 Å². The molecule has 0 saturated carbocycles. The lowest BCUT2D eigenvalue weighted by Gasteiger charge is -2.27. The van der Waals surface area contributed by atoms with Crippen LogP contribution in [0.4, 0.5) is 10.5 Å². The Kier molecular flexibility index (Phi) is 5.63. The molecule has 2 rings (SSSR count). The third-order valence-electron chi connectivity index (χ3n) is 3.14. The van der Waals surface area contributed by atoms with E-state index in [4.69, 9.17) is 11.6 Å². The van der Waals surface area contributed by atoms with Gasteiger partial charge in [0, 0.05) is 15.1 Å². The number of hydrogen-bond acceptors (Lipinski definition) is 3. The van der Waals surface area contributed by atoms with Crippen molar-refractivity contribution in [2.45, 2.75) is 13.0 Å². The first-order valence-corrected chi connectivity index (χ1v) is 7.89. The fourth-order valence-corrected chi connectivity index (χ4v) is 2.89. The van der Waals surface area contributed by atoms with E-state index < -0.39 is 12.1 Å². The number of carboxylic acid groups (broad SMARTS) is 1. The Morgan fingerprint density at radius 3 is 2.43 bits per heavy atom. The lowest BCUT2D eigenvalue weighted by Crippen LogP contribution is -2.46. The highest BCUT2D eigenvalue weighted by molar-refractivity contribution is 9.10. The molecule has 0 saturated heterocycles. The maximum absolute atomic E-state index is 12.4. The number of anilines is 1. The first-order chi connectivity index (χ1) is 10.9. The topological polar surface area (TPSA) is 69.6 Å². The molecular formula is C16H14BrClN2O3. The zero-order chi connectivity index (χ0) is 17.0. The molecule has 120 valence electrons. The second kappa shape index (κ2) is 7.48. The number of amides is 1. The third kappa shape index (κ3) is 4.46. The van der Waals surface area contributed by atoms with E-state index in [1.807, 2.05) is 0 Å². The molecule has 0 fully saturated rings. The highest BCUT2D eigenvalue weighted by Gasteiger charge is 2.27. The molecule has 0 bridgehead atoms. The summed E-state index contributed by atoms with van der Waals surface area (Å²) in [6.07, 6.45) is -1.27. The minimum absolute atomic E-state index is 0.304. The van der Waals surface area contributed by atoms with Gasteiger partial charge in [-0.15, -0.1) is 0 Å². The van der Waals surface area contributed by atoms with E-state index in [9.17, 15) is 14.7 Å². The molecule has 7 heteroatoms. The molecule has 0 radical (unpaired) electrons. The normalized spacial score (nSPS) is 11.6. The Bertz CT molecular complexity index is 704. The van der Waals surface area contributed by atoms with Crippen LogP contribution in [0, 0.1) is 0 Å². The van der Waals surface area contributed by atoms with Gasteiger partial charge in [0.25, 0.3) is 0 Å². The Labute approximate surface area is 147 Å². The summed E-state index contributed by atoms with van der Waals surface area (Å²) in [7, 11) is 0. The number of hydrazine groups is 1. The van der Waals surface area contributed by atoms with Crippen molar-refractivity contribution in [3.8, 4) is 0 Å². The van der Waals surface area contributed by atoms with Gasteiger partial charge in [-0.1, -0.05) is 57.9 Å².